The van der Waals surface area contributed by atoms with Gasteiger partial charge in [0.1, 0.15) is 4.88 Å². The van der Waals surface area contributed by atoms with Crippen molar-refractivity contribution < 1.29 is 4.79 Å². The Morgan fingerprint density at radius 2 is 2.03 bits per heavy atom. The highest BCUT2D eigenvalue weighted by molar-refractivity contribution is 7.16. The van der Waals surface area contributed by atoms with Crippen LogP contribution in [0.3, 0.4) is 0 Å². The molecule has 3 aliphatic heterocycles. The summed E-state index contributed by atoms with van der Waals surface area (Å²) in [4.78, 5) is 24.2. The third-order valence-electron chi connectivity index (χ3n) is 7.72. The highest BCUT2D eigenvalue weighted by Gasteiger charge is 2.47. The van der Waals surface area contributed by atoms with E-state index in [4.69, 9.17) is 4.98 Å². The van der Waals surface area contributed by atoms with Crippen LogP contribution in [0.1, 0.15) is 53.9 Å². The summed E-state index contributed by atoms with van der Waals surface area (Å²) >= 11 is 1.53. The third kappa shape index (κ3) is 2.99. The molecular formula is C24H30N4OS. The largest absolute Gasteiger partial charge is 0.331 e. The van der Waals surface area contributed by atoms with Gasteiger partial charge in [-0.15, -0.1) is 0 Å². The Morgan fingerprint density at radius 3 is 2.90 bits per heavy atom. The minimum atomic E-state index is 0.193. The number of rotatable bonds is 2. The van der Waals surface area contributed by atoms with Crippen LogP contribution in [-0.4, -0.2) is 57.0 Å². The van der Waals surface area contributed by atoms with Crippen LogP contribution in [0.4, 0.5) is 0 Å². The van der Waals surface area contributed by atoms with Gasteiger partial charge in [0.25, 0.3) is 5.91 Å². The van der Waals surface area contributed by atoms with E-state index in [9.17, 15) is 4.79 Å². The van der Waals surface area contributed by atoms with E-state index in [2.05, 4.69) is 15.9 Å². The maximum atomic E-state index is 13.7. The van der Waals surface area contributed by atoms with Crippen molar-refractivity contribution in [2.45, 2.75) is 57.5 Å². The van der Waals surface area contributed by atoms with Crippen LogP contribution in [-0.2, 0) is 0 Å². The molecule has 1 aliphatic carbocycles. The molecule has 4 atom stereocenters. The molecule has 0 spiro atoms. The van der Waals surface area contributed by atoms with Crippen molar-refractivity contribution in [2.24, 2.45) is 11.8 Å². The summed E-state index contributed by atoms with van der Waals surface area (Å²) < 4.78 is 2.00. The van der Waals surface area contributed by atoms with E-state index < -0.39 is 0 Å². The first kappa shape index (κ1) is 18.8. The second-order valence-corrected chi connectivity index (χ2v) is 10.5. The molecule has 3 fully saturated rings. The minimum absolute atomic E-state index is 0.193. The Morgan fingerprint density at radius 1 is 1.17 bits per heavy atom. The second kappa shape index (κ2) is 7.34. The molecule has 5 heterocycles. The van der Waals surface area contributed by atoms with Crippen molar-refractivity contribution >= 4 is 17.2 Å². The van der Waals surface area contributed by atoms with E-state index >= 15 is 0 Å². The van der Waals surface area contributed by atoms with Crippen LogP contribution >= 0.6 is 11.3 Å². The molecule has 4 aliphatic rings. The second-order valence-electron chi connectivity index (χ2n) is 9.51. The number of carbonyl (C=O) groups is 1. The highest BCUT2D eigenvalue weighted by atomic mass is 32.1. The van der Waals surface area contributed by atoms with Gasteiger partial charge in [-0.2, -0.15) is 0 Å². The number of aryl methyl sites for hydroxylation is 1. The average molecular weight is 423 g/mol. The first-order valence-corrected chi connectivity index (χ1v) is 12.4. The number of carbonyl (C=O) groups excluding carboxylic acids is 1. The molecule has 0 aromatic carbocycles. The fourth-order valence-electron chi connectivity index (χ4n) is 6.48. The molecule has 6 rings (SSSR count). The normalized spacial score (nSPS) is 31.1. The van der Waals surface area contributed by atoms with Gasteiger partial charge in [-0.1, -0.05) is 29.4 Å². The lowest BCUT2D eigenvalue weighted by Gasteiger charge is -2.54. The van der Waals surface area contributed by atoms with Crippen LogP contribution in [0.25, 0.3) is 5.13 Å². The molecule has 5 nitrogen and oxygen atoms in total. The van der Waals surface area contributed by atoms with Gasteiger partial charge in [-0.25, -0.2) is 4.98 Å². The molecule has 2 aromatic rings. The van der Waals surface area contributed by atoms with Crippen molar-refractivity contribution in [3.05, 3.63) is 46.7 Å². The molecule has 2 aromatic heterocycles. The molecular weight excluding hydrogens is 392 g/mol. The van der Waals surface area contributed by atoms with Gasteiger partial charge in [-0.05, 0) is 69.5 Å². The zero-order valence-corrected chi connectivity index (χ0v) is 18.5. The van der Waals surface area contributed by atoms with Crippen LogP contribution < -0.4 is 0 Å². The van der Waals surface area contributed by atoms with Crippen molar-refractivity contribution in [2.75, 3.05) is 19.6 Å². The predicted molar refractivity (Wildman–Crippen MR) is 119 cm³/mol. The van der Waals surface area contributed by atoms with Gasteiger partial charge < -0.3 is 9.47 Å². The number of nitrogens with zero attached hydrogens (tertiary/aromatic N) is 4. The van der Waals surface area contributed by atoms with Crippen LogP contribution in [0.2, 0.25) is 0 Å². The fourth-order valence-corrected chi connectivity index (χ4v) is 7.47. The van der Waals surface area contributed by atoms with Crippen molar-refractivity contribution in [3.8, 4) is 5.13 Å². The molecule has 0 saturated carbocycles. The summed E-state index contributed by atoms with van der Waals surface area (Å²) in [5.74, 6) is 1.49. The number of piperidine rings is 3. The molecule has 2 unspecified atom stereocenters. The van der Waals surface area contributed by atoms with E-state index in [1.807, 2.05) is 36.0 Å². The van der Waals surface area contributed by atoms with Crippen molar-refractivity contribution in [1.29, 1.82) is 0 Å². The Bertz CT molecular complexity index is 978. The van der Waals surface area contributed by atoms with E-state index in [1.54, 1.807) is 5.57 Å². The number of thiazole rings is 1. The van der Waals surface area contributed by atoms with Gasteiger partial charge >= 0.3 is 0 Å². The maximum absolute atomic E-state index is 13.7. The minimum Gasteiger partial charge on any atom is -0.331 e. The number of aromatic nitrogens is 2. The van der Waals surface area contributed by atoms with E-state index in [-0.39, 0.29) is 5.91 Å². The van der Waals surface area contributed by atoms with E-state index in [1.165, 1.54) is 56.5 Å². The fraction of sp³-hybridized carbons (Fsp3) is 0.583. The highest BCUT2D eigenvalue weighted by Crippen LogP contribution is 2.45. The average Bonchev–Trinajstić information content (AvgIpc) is 3.43. The number of fused-ring (bicyclic) bond motifs is 6. The first-order chi connectivity index (χ1) is 14.7. The summed E-state index contributed by atoms with van der Waals surface area (Å²) in [5.41, 5.74) is 2.41. The molecule has 0 radical (unpaired) electrons. The smallest absolute Gasteiger partial charge is 0.266 e. The number of amides is 1. The Kier molecular flexibility index (Phi) is 4.61. The first-order valence-electron chi connectivity index (χ1n) is 11.6. The molecule has 3 saturated heterocycles. The maximum Gasteiger partial charge on any atom is 0.266 e. The number of likely N-dealkylation sites (tertiary alicyclic amines) is 1. The zero-order chi connectivity index (χ0) is 20.2. The molecule has 158 valence electrons. The molecule has 2 bridgehead atoms. The molecule has 30 heavy (non-hydrogen) atoms. The van der Waals surface area contributed by atoms with Crippen molar-refractivity contribution in [3.63, 3.8) is 0 Å². The zero-order valence-electron chi connectivity index (χ0n) is 17.7. The lowest BCUT2D eigenvalue weighted by atomic mass is 9.68. The topological polar surface area (TPSA) is 41.4 Å². The summed E-state index contributed by atoms with van der Waals surface area (Å²) in [6, 6.07) is 5.04. The van der Waals surface area contributed by atoms with Gasteiger partial charge in [0.05, 0.1) is 11.7 Å². The summed E-state index contributed by atoms with van der Waals surface area (Å²) in [6.07, 6.45) is 14.2. The number of hydrogen-bond donors (Lipinski definition) is 0. The predicted octanol–water partition coefficient (Wildman–Crippen LogP) is 4.28. The summed E-state index contributed by atoms with van der Waals surface area (Å²) in [7, 11) is 0. The van der Waals surface area contributed by atoms with Gasteiger partial charge in [0.15, 0.2) is 5.13 Å². The molecule has 0 N–H and O–H groups in total. The van der Waals surface area contributed by atoms with Gasteiger partial charge in [0, 0.05) is 31.5 Å². The third-order valence-corrected chi connectivity index (χ3v) is 8.88. The lowest BCUT2D eigenvalue weighted by Crippen LogP contribution is -2.60. The number of hydrogen-bond acceptors (Lipinski definition) is 4. The standard InChI is InChI=1S/C24H30N4OS/c1-16-22(30-24(25-16)26-9-4-5-10-26)23(29)28-12-6-7-17-13-18-14-19(21(17)28)15-27-11-3-2-8-20(18)27/h4-5,9-10,13,18-21H,2-3,6-8,11-12,14-15H2,1H3/t18-,19-,20?,21?/m0/s1. The quantitative estimate of drug-likeness (QED) is 0.679. The van der Waals surface area contributed by atoms with Crippen molar-refractivity contribution in [1.82, 2.24) is 19.4 Å². The molecule has 6 heteroatoms. The van der Waals surface area contributed by atoms with E-state index in [0.29, 0.717) is 17.9 Å². The molecule has 1 amide bonds. The van der Waals surface area contributed by atoms with Gasteiger partial charge in [-0.3, -0.25) is 9.69 Å². The van der Waals surface area contributed by atoms with Gasteiger partial charge in [0.2, 0.25) is 0 Å². The Balaban J connectivity index is 1.31. The summed E-state index contributed by atoms with van der Waals surface area (Å²) in [6.45, 7) is 5.27. The monoisotopic (exact) mass is 422 g/mol. The van der Waals surface area contributed by atoms with Crippen LogP contribution in [0.15, 0.2) is 36.2 Å². The lowest BCUT2D eigenvalue weighted by molar-refractivity contribution is 0.00159. The Labute approximate surface area is 182 Å². The Hall–Kier alpha value is -1.92. The SMILES string of the molecule is Cc1nc(-n2cccc2)sc1C(=O)N1CCCC2=C[C@H]3C[C@@H](CN4CCCCC34)C21. The summed E-state index contributed by atoms with van der Waals surface area (Å²) in [5, 5.41) is 0.881. The van der Waals surface area contributed by atoms with Crippen LogP contribution in [0.5, 0.6) is 0 Å². The van der Waals surface area contributed by atoms with Crippen LogP contribution in [0, 0.1) is 18.8 Å². The van der Waals surface area contributed by atoms with E-state index in [0.717, 1.165) is 34.7 Å².